The van der Waals surface area contributed by atoms with Gasteiger partial charge in [-0.2, -0.15) is 5.10 Å². The van der Waals surface area contributed by atoms with Gasteiger partial charge >= 0.3 is 6.03 Å². The molecule has 0 radical (unpaired) electrons. The topological polar surface area (TPSA) is 67.5 Å². The molecule has 2 bridgehead atoms. The van der Waals surface area contributed by atoms with E-state index in [1.807, 2.05) is 12.1 Å². The van der Waals surface area contributed by atoms with Gasteiger partial charge < -0.3 is 5.73 Å². The second kappa shape index (κ2) is 7.16. The number of primary amides is 1. The normalized spacial score (nSPS) is 26.2. The molecular weight excluding hydrogens is 322 g/mol. The van der Waals surface area contributed by atoms with E-state index >= 15 is 0 Å². The van der Waals surface area contributed by atoms with Crippen LogP contribution in [-0.2, 0) is 0 Å². The van der Waals surface area contributed by atoms with Gasteiger partial charge in [0.2, 0.25) is 0 Å². The maximum atomic E-state index is 11.3. The number of carbonyl (C=O) groups is 1. The predicted octanol–water partition coefficient (Wildman–Crippen LogP) is 4.31. The van der Waals surface area contributed by atoms with E-state index in [1.165, 1.54) is 23.1 Å². The van der Waals surface area contributed by atoms with Gasteiger partial charge in [-0.25, -0.2) is 10.2 Å². The summed E-state index contributed by atoms with van der Waals surface area (Å²) in [6, 6.07) is 20.4. The Balaban J connectivity index is 1.84. The summed E-state index contributed by atoms with van der Waals surface area (Å²) in [6.45, 7) is 0. The van der Waals surface area contributed by atoms with Crippen LogP contribution in [0.2, 0.25) is 0 Å². The zero-order chi connectivity index (χ0) is 17.9. The molecule has 4 heteroatoms. The molecule has 1 fully saturated rings. The number of allylic oxidation sites excluding steroid dienone is 2. The lowest BCUT2D eigenvalue weighted by molar-refractivity contribution is 0.249. The van der Waals surface area contributed by atoms with Crippen LogP contribution in [-0.4, -0.2) is 11.7 Å². The lowest BCUT2D eigenvalue weighted by atomic mass is 9.63. The first kappa shape index (κ1) is 16.6. The SMILES string of the molecule is NC(=O)N/N=C1/C2CCCC1C(c1ccccc1)C=C2c1ccccc1. The van der Waals surface area contributed by atoms with E-state index in [4.69, 9.17) is 5.73 Å². The van der Waals surface area contributed by atoms with Crippen LogP contribution in [0.15, 0.2) is 71.8 Å². The minimum atomic E-state index is -0.609. The maximum Gasteiger partial charge on any atom is 0.332 e. The van der Waals surface area contributed by atoms with Crippen molar-refractivity contribution in [3.8, 4) is 0 Å². The van der Waals surface area contributed by atoms with Crippen molar-refractivity contribution >= 4 is 17.3 Å². The Bertz CT molecular complexity index is 842. The van der Waals surface area contributed by atoms with Crippen molar-refractivity contribution in [2.75, 3.05) is 0 Å². The van der Waals surface area contributed by atoms with Gasteiger partial charge in [-0.05, 0) is 29.5 Å². The fraction of sp³-hybridized carbons (Fsp3) is 0.273. The molecule has 4 rings (SSSR count). The van der Waals surface area contributed by atoms with Crippen LogP contribution in [0.25, 0.3) is 5.57 Å². The molecule has 2 aromatic carbocycles. The summed E-state index contributed by atoms with van der Waals surface area (Å²) in [5.41, 5.74) is 12.7. The van der Waals surface area contributed by atoms with Crippen LogP contribution in [0, 0.1) is 11.8 Å². The first-order chi connectivity index (χ1) is 12.7. The summed E-state index contributed by atoms with van der Waals surface area (Å²) in [5.74, 6) is 0.801. The van der Waals surface area contributed by atoms with Crippen molar-refractivity contribution in [1.29, 1.82) is 0 Å². The Morgan fingerprint density at radius 1 is 1.00 bits per heavy atom. The number of urea groups is 1. The van der Waals surface area contributed by atoms with Crippen LogP contribution in [0.3, 0.4) is 0 Å². The molecule has 0 spiro atoms. The number of fused-ring (bicyclic) bond motifs is 2. The maximum absolute atomic E-state index is 11.3. The molecule has 3 N–H and O–H groups in total. The number of hydrogen-bond donors (Lipinski definition) is 2. The van der Waals surface area contributed by atoms with Gasteiger partial charge in [0.1, 0.15) is 0 Å². The smallest absolute Gasteiger partial charge is 0.332 e. The monoisotopic (exact) mass is 345 g/mol. The third kappa shape index (κ3) is 3.15. The number of hydrogen-bond acceptors (Lipinski definition) is 2. The standard InChI is InChI=1S/C22H23N3O/c23-22(26)25-24-21-17-12-7-13-18(21)20(16-10-5-2-6-11-16)14-19(17)15-8-3-1-4-9-15/h1-6,8-11,14,17-19H,7,12-13H2,(H3,23,25,26)/b24-21+. The fourth-order valence-corrected chi connectivity index (χ4v) is 4.41. The van der Waals surface area contributed by atoms with E-state index in [0.717, 1.165) is 18.6 Å². The van der Waals surface area contributed by atoms with Crippen LogP contribution in [0.5, 0.6) is 0 Å². The third-order valence-electron chi connectivity index (χ3n) is 5.50. The van der Waals surface area contributed by atoms with E-state index in [-0.39, 0.29) is 11.8 Å². The van der Waals surface area contributed by atoms with E-state index < -0.39 is 6.03 Å². The molecule has 3 atom stereocenters. The molecule has 2 aliphatic rings. The molecule has 0 saturated heterocycles. The Morgan fingerprint density at radius 3 is 2.38 bits per heavy atom. The highest BCUT2D eigenvalue weighted by Gasteiger charge is 2.40. The first-order valence-corrected chi connectivity index (χ1v) is 9.19. The van der Waals surface area contributed by atoms with Crippen molar-refractivity contribution < 1.29 is 4.79 Å². The average molecular weight is 345 g/mol. The molecule has 4 nitrogen and oxygen atoms in total. The molecular formula is C22H23N3O. The number of rotatable bonds is 3. The highest BCUT2D eigenvalue weighted by atomic mass is 16.2. The molecule has 2 aliphatic carbocycles. The molecule has 2 amide bonds. The number of nitrogens with one attached hydrogen (secondary N) is 1. The summed E-state index contributed by atoms with van der Waals surface area (Å²) < 4.78 is 0. The van der Waals surface area contributed by atoms with Crippen LogP contribution >= 0.6 is 0 Å². The molecule has 0 heterocycles. The van der Waals surface area contributed by atoms with Gasteiger partial charge in [-0.15, -0.1) is 0 Å². The van der Waals surface area contributed by atoms with E-state index in [1.54, 1.807) is 0 Å². The molecule has 26 heavy (non-hydrogen) atoms. The Labute approximate surface area is 153 Å². The largest absolute Gasteiger partial charge is 0.350 e. The summed E-state index contributed by atoms with van der Waals surface area (Å²) in [6.07, 6.45) is 5.72. The summed E-state index contributed by atoms with van der Waals surface area (Å²) in [7, 11) is 0. The number of hydrazone groups is 1. The quantitative estimate of drug-likeness (QED) is 0.800. The molecule has 0 aliphatic heterocycles. The minimum Gasteiger partial charge on any atom is -0.350 e. The van der Waals surface area contributed by atoms with E-state index in [2.05, 4.69) is 65.1 Å². The second-order valence-corrected chi connectivity index (χ2v) is 7.03. The van der Waals surface area contributed by atoms with Crippen molar-refractivity contribution in [3.05, 3.63) is 77.9 Å². The van der Waals surface area contributed by atoms with Crippen molar-refractivity contribution in [3.63, 3.8) is 0 Å². The zero-order valence-corrected chi connectivity index (χ0v) is 14.6. The average Bonchev–Trinajstić information content (AvgIpc) is 2.68. The molecule has 2 aromatic rings. The zero-order valence-electron chi connectivity index (χ0n) is 14.6. The Morgan fingerprint density at radius 2 is 1.69 bits per heavy atom. The van der Waals surface area contributed by atoms with E-state index in [9.17, 15) is 4.79 Å². The summed E-state index contributed by atoms with van der Waals surface area (Å²) in [4.78, 5) is 11.3. The summed E-state index contributed by atoms with van der Waals surface area (Å²) >= 11 is 0. The van der Waals surface area contributed by atoms with Crippen molar-refractivity contribution in [1.82, 2.24) is 5.43 Å². The number of nitrogens with zero attached hydrogens (tertiary/aromatic N) is 1. The molecule has 1 saturated carbocycles. The molecule has 132 valence electrons. The number of nitrogens with two attached hydrogens (primary N) is 1. The van der Waals surface area contributed by atoms with Crippen LogP contribution in [0.1, 0.15) is 36.3 Å². The minimum absolute atomic E-state index is 0.239. The van der Waals surface area contributed by atoms with E-state index in [0.29, 0.717) is 5.92 Å². The highest BCUT2D eigenvalue weighted by Crippen LogP contribution is 2.48. The molecule has 0 aromatic heterocycles. The number of carbonyl (C=O) groups excluding carboxylic acids is 1. The highest BCUT2D eigenvalue weighted by molar-refractivity contribution is 6.02. The number of amides is 2. The third-order valence-corrected chi connectivity index (χ3v) is 5.50. The summed E-state index contributed by atoms with van der Waals surface area (Å²) in [5, 5.41) is 4.47. The van der Waals surface area contributed by atoms with Crippen LogP contribution in [0.4, 0.5) is 4.79 Å². The van der Waals surface area contributed by atoms with Gasteiger partial charge in [-0.3, -0.25) is 0 Å². The van der Waals surface area contributed by atoms with Crippen LogP contribution < -0.4 is 11.2 Å². The predicted molar refractivity (Wildman–Crippen MR) is 105 cm³/mol. The number of benzene rings is 2. The first-order valence-electron chi connectivity index (χ1n) is 9.19. The lowest BCUT2D eigenvalue weighted by Gasteiger charge is -2.41. The van der Waals surface area contributed by atoms with Gasteiger partial charge in [0, 0.05) is 23.5 Å². The van der Waals surface area contributed by atoms with Gasteiger partial charge in [0.05, 0.1) is 0 Å². The fourth-order valence-electron chi connectivity index (χ4n) is 4.41. The van der Waals surface area contributed by atoms with Crippen molar-refractivity contribution in [2.45, 2.75) is 25.2 Å². The van der Waals surface area contributed by atoms with Gasteiger partial charge in [0.25, 0.3) is 0 Å². The van der Waals surface area contributed by atoms with Gasteiger partial charge in [0.15, 0.2) is 0 Å². The Kier molecular flexibility index (Phi) is 4.57. The Hall–Kier alpha value is -2.88. The second-order valence-electron chi connectivity index (χ2n) is 7.03. The van der Waals surface area contributed by atoms with Crippen molar-refractivity contribution in [2.24, 2.45) is 22.7 Å². The lowest BCUT2D eigenvalue weighted by Crippen LogP contribution is -2.39. The van der Waals surface area contributed by atoms with Gasteiger partial charge in [-0.1, -0.05) is 73.2 Å². The molecule has 3 unspecified atom stereocenters.